The Bertz CT molecular complexity index is 950. The summed E-state index contributed by atoms with van der Waals surface area (Å²) < 4.78 is 5.66. The number of carbonyl (C=O) groups is 1. The maximum Gasteiger partial charge on any atom is 0.289 e. The van der Waals surface area contributed by atoms with Crippen molar-refractivity contribution < 1.29 is 9.21 Å². The largest absolute Gasteiger partial charge is 0.455 e. The zero-order chi connectivity index (χ0) is 18.5. The minimum absolute atomic E-state index is 0.296. The van der Waals surface area contributed by atoms with Crippen LogP contribution in [-0.2, 0) is 6.42 Å². The Labute approximate surface area is 160 Å². The van der Waals surface area contributed by atoms with Gasteiger partial charge in [-0.1, -0.05) is 42.3 Å². The molecule has 0 aliphatic carbocycles. The molecule has 0 aliphatic heterocycles. The van der Waals surface area contributed by atoms with Crippen LogP contribution < -0.4 is 5.43 Å². The van der Waals surface area contributed by atoms with Gasteiger partial charge in [-0.2, -0.15) is 5.10 Å². The molecule has 3 rings (SSSR count). The van der Waals surface area contributed by atoms with E-state index in [1.165, 1.54) is 6.21 Å². The normalized spacial score (nSPS) is 11.0. The molecule has 7 heteroatoms. The minimum atomic E-state index is -0.395. The second-order valence-corrected chi connectivity index (χ2v) is 6.19. The Kier molecular flexibility index (Phi) is 5.71. The van der Waals surface area contributed by atoms with E-state index in [9.17, 15) is 4.79 Å². The number of nitrogens with one attached hydrogen (secondary N) is 1. The van der Waals surface area contributed by atoms with E-state index in [2.05, 4.69) is 15.5 Å². The van der Waals surface area contributed by atoms with Crippen LogP contribution in [-0.4, -0.2) is 17.1 Å². The Morgan fingerprint density at radius 3 is 2.81 bits per heavy atom. The van der Waals surface area contributed by atoms with E-state index in [-0.39, 0.29) is 0 Å². The molecule has 2 heterocycles. The Hall–Kier alpha value is -2.63. The summed E-state index contributed by atoms with van der Waals surface area (Å²) in [5.41, 5.74) is 4.46. The molecule has 3 aromatic rings. The van der Waals surface area contributed by atoms with Crippen LogP contribution in [0.15, 0.2) is 58.2 Å². The average molecular weight is 388 g/mol. The number of halogens is 2. The highest BCUT2D eigenvalue weighted by Gasteiger charge is 2.10. The fraction of sp³-hybridized carbons (Fsp3) is 0.105. The van der Waals surface area contributed by atoms with E-state index in [1.807, 2.05) is 13.0 Å². The van der Waals surface area contributed by atoms with E-state index in [4.69, 9.17) is 27.6 Å². The summed E-state index contributed by atoms with van der Waals surface area (Å²) in [4.78, 5) is 16.1. The number of aromatic nitrogens is 1. The molecule has 0 fully saturated rings. The molecule has 0 bridgehead atoms. The minimum Gasteiger partial charge on any atom is -0.455 e. The molecule has 0 radical (unpaired) electrons. The first-order valence-corrected chi connectivity index (χ1v) is 8.66. The van der Waals surface area contributed by atoms with Crippen LogP contribution in [0.1, 0.15) is 28.7 Å². The third-order valence-corrected chi connectivity index (χ3v) is 4.49. The number of aryl methyl sites for hydroxylation is 1. The molecule has 1 N–H and O–H groups in total. The molecule has 0 saturated carbocycles. The van der Waals surface area contributed by atoms with Crippen molar-refractivity contribution in [3.63, 3.8) is 0 Å². The van der Waals surface area contributed by atoms with Gasteiger partial charge in [-0.15, -0.1) is 0 Å². The average Bonchev–Trinajstić information content (AvgIpc) is 3.12. The van der Waals surface area contributed by atoms with Crippen molar-refractivity contribution in [1.82, 2.24) is 10.4 Å². The molecule has 0 aliphatic rings. The van der Waals surface area contributed by atoms with Crippen LogP contribution in [0, 0.1) is 0 Å². The van der Waals surface area contributed by atoms with Crippen molar-refractivity contribution >= 4 is 35.3 Å². The first-order valence-electron chi connectivity index (χ1n) is 7.91. The Morgan fingerprint density at radius 2 is 2.08 bits per heavy atom. The summed E-state index contributed by atoms with van der Waals surface area (Å²) in [5.74, 6) is 0.626. The maximum absolute atomic E-state index is 12.0. The third kappa shape index (κ3) is 4.12. The van der Waals surface area contributed by atoms with Crippen molar-refractivity contribution in [1.29, 1.82) is 0 Å². The monoisotopic (exact) mass is 387 g/mol. The number of nitrogens with zero attached hydrogens (tertiary/aromatic N) is 2. The fourth-order valence-corrected chi connectivity index (χ4v) is 2.63. The van der Waals surface area contributed by atoms with Crippen LogP contribution in [0.4, 0.5) is 0 Å². The lowest BCUT2D eigenvalue weighted by Gasteiger charge is -2.02. The first kappa shape index (κ1) is 18.2. The molecule has 5 nitrogen and oxygen atoms in total. The summed E-state index contributed by atoms with van der Waals surface area (Å²) in [6.07, 6.45) is 3.94. The second-order valence-electron chi connectivity index (χ2n) is 5.41. The Balaban J connectivity index is 1.67. The molecule has 26 heavy (non-hydrogen) atoms. The maximum atomic E-state index is 12.0. The quantitative estimate of drug-likeness (QED) is 0.496. The van der Waals surface area contributed by atoms with Gasteiger partial charge in [0, 0.05) is 11.8 Å². The zero-order valence-corrected chi connectivity index (χ0v) is 15.4. The molecular formula is C19H15Cl2N3O2. The van der Waals surface area contributed by atoms with E-state index in [0.29, 0.717) is 32.8 Å². The molecule has 1 amide bonds. The highest BCUT2D eigenvalue weighted by atomic mass is 35.5. The number of benzene rings is 1. The number of hydrazone groups is 1. The summed E-state index contributed by atoms with van der Waals surface area (Å²) in [6, 6.07) is 12.3. The lowest BCUT2D eigenvalue weighted by molar-refractivity contribution is 0.0950. The highest BCUT2D eigenvalue weighted by molar-refractivity contribution is 6.43. The number of amides is 1. The molecule has 0 unspecified atom stereocenters. The van der Waals surface area contributed by atoms with E-state index < -0.39 is 5.91 Å². The predicted octanol–water partition coefficient (Wildman–Crippen LogP) is 4.97. The van der Waals surface area contributed by atoms with Crippen LogP contribution in [0.25, 0.3) is 11.3 Å². The summed E-state index contributed by atoms with van der Waals surface area (Å²) in [7, 11) is 0. The number of rotatable bonds is 5. The highest BCUT2D eigenvalue weighted by Crippen LogP contribution is 2.34. The standard InChI is InChI=1S/C19H15Cl2N3O2/c1-2-12-6-8-16(22-10-12)19(25)24-23-11-13-7-9-17(26-13)14-4-3-5-15(20)18(14)21/h3-11H,2H2,1H3,(H,24,25). The predicted molar refractivity (Wildman–Crippen MR) is 103 cm³/mol. The van der Waals surface area contributed by atoms with Crippen molar-refractivity contribution in [2.24, 2.45) is 5.10 Å². The van der Waals surface area contributed by atoms with Crippen molar-refractivity contribution in [2.45, 2.75) is 13.3 Å². The fourth-order valence-electron chi connectivity index (χ4n) is 2.24. The van der Waals surface area contributed by atoms with E-state index >= 15 is 0 Å². The van der Waals surface area contributed by atoms with Gasteiger partial charge in [-0.05, 0) is 42.3 Å². The lowest BCUT2D eigenvalue weighted by atomic mass is 10.2. The second kappa shape index (κ2) is 8.17. The van der Waals surface area contributed by atoms with Gasteiger partial charge >= 0.3 is 0 Å². The lowest BCUT2D eigenvalue weighted by Crippen LogP contribution is -2.18. The SMILES string of the molecule is CCc1ccc(C(=O)NN=Cc2ccc(-c3cccc(Cl)c3Cl)o2)nc1. The van der Waals surface area contributed by atoms with Gasteiger partial charge in [0.2, 0.25) is 0 Å². The number of hydrogen-bond acceptors (Lipinski definition) is 4. The molecule has 0 atom stereocenters. The molecular weight excluding hydrogens is 373 g/mol. The smallest absolute Gasteiger partial charge is 0.289 e. The van der Waals surface area contributed by atoms with Gasteiger partial charge < -0.3 is 4.42 Å². The first-order chi connectivity index (χ1) is 12.6. The molecule has 1 aromatic carbocycles. The van der Waals surface area contributed by atoms with Crippen LogP contribution >= 0.6 is 23.2 Å². The summed E-state index contributed by atoms with van der Waals surface area (Å²) >= 11 is 12.2. The van der Waals surface area contributed by atoms with Gasteiger partial charge in [0.05, 0.1) is 16.3 Å². The number of hydrogen-bond donors (Lipinski definition) is 1. The van der Waals surface area contributed by atoms with Crippen LogP contribution in [0.5, 0.6) is 0 Å². The van der Waals surface area contributed by atoms with Gasteiger partial charge in [-0.3, -0.25) is 9.78 Å². The van der Waals surface area contributed by atoms with Gasteiger partial charge in [-0.25, -0.2) is 5.43 Å². The third-order valence-electron chi connectivity index (χ3n) is 3.67. The summed E-state index contributed by atoms with van der Waals surface area (Å²) in [5, 5.41) is 4.76. The van der Waals surface area contributed by atoms with Gasteiger partial charge in [0.1, 0.15) is 17.2 Å². The number of furan rings is 1. The van der Waals surface area contributed by atoms with E-state index in [1.54, 1.807) is 42.6 Å². The number of carbonyl (C=O) groups excluding carboxylic acids is 1. The molecule has 0 spiro atoms. The van der Waals surface area contributed by atoms with Crippen molar-refractivity contribution in [3.8, 4) is 11.3 Å². The van der Waals surface area contributed by atoms with Crippen molar-refractivity contribution in [3.05, 3.63) is 75.7 Å². The van der Waals surface area contributed by atoms with Gasteiger partial charge in [0.25, 0.3) is 5.91 Å². The Morgan fingerprint density at radius 1 is 1.23 bits per heavy atom. The van der Waals surface area contributed by atoms with Crippen LogP contribution in [0.3, 0.4) is 0 Å². The zero-order valence-electron chi connectivity index (χ0n) is 13.9. The molecule has 0 saturated heterocycles. The summed E-state index contributed by atoms with van der Waals surface area (Å²) in [6.45, 7) is 2.02. The topological polar surface area (TPSA) is 67.5 Å². The molecule has 132 valence electrons. The van der Waals surface area contributed by atoms with Crippen molar-refractivity contribution in [2.75, 3.05) is 0 Å². The molecule has 2 aromatic heterocycles. The van der Waals surface area contributed by atoms with Crippen LogP contribution in [0.2, 0.25) is 10.0 Å². The van der Waals surface area contributed by atoms with E-state index in [0.717, 1.165) is 12.0 Å². The number of pyridine rings is 1. The van der Waals surface area contributed by atoms with Gasteiger partial charge in [0.15, 0.2) is 0 Å².